The molecule has 0 aliphatic heterocycles. The van der Waals surface area contributed by atoms with Crippen LogP contribution in [0.3, 0.4) is 0 Å². The Balaban J connectivity index is 2.19. The smallest absolute Gasteiger partial charge is 0.111 e. The second-order valence-corrected chi connectivity index (χ2v) is 6.38. The van der Waals surface area contributed by atoms with Crippen LogP contribution in [0.5, 0.6) is 0 Å². The third-order valence-electron chi connectivity index (χ3n) is 3.58. The van der Waals surface area contributed by atoms with Gasteiger partial charge in [0.1, 0.15) is 5.82 Å². The molecule has 4 heteroatoms. The normalized spacial score (nSPS) is 12.9. The highest BCUT2D eigenvalue weighted by Gasteiger charge is 2.17. The van der Waals surface area contributed by atoms with Gasteiger partial charge < -0.3 is 4.57 Å². The summed E-state index contributed by atoms with van der Waals surface area (Å²) in [6.45, 7) is 4.35. The summed E-state index contributed by atoms with van der Waals surface area (Å²) in [4.78, 5) is 6.11. The Hall–Kier alpha value is -1.32. The van der Waals surface area contributed by atoms with Crippen LogP contribution in [0.25, 0.3) is 11.0 Å². The Kier molecular flexibility index (Phi) is 3.81. The van der Waals surface area contributed by atoms with Gasteiger partial charge in [0, 0.05) is 17.2 Å². The van der Waals surface area contributed by atoms with Crippen LogP contribution < -0.4 is 0 Å². The number of benzene rings is 1. The van der Waals surface area contributed by atoms with Crippen LogP contribution >= 0.6 is 22.9 Å². The van der Waals surface area contributed by atoms with Crippen LogP contribution in [0, 0.1) is 6.92 Å². The fourth-order valence-electron chi connectivity index (χ4n) is 2.60. The van der Waals surface area contributed by atoms with E-state index in [0.717, 1.165) is 17.8 Å². The van der Waals surface area contributed by atoms with Crippen molar-refractivity contribution in [1.82, 2.24) is 9.55 Å². The molecule has 0 radical (unpaired) electrons. The molecule has 104 valence electrons. The summed E-state index contributed by atoms with van der Waals surface area (Å²) in [6.07, 6.45) is 0.797. The van der Waals surface area contributed by atoms with E-state index in [9.17, 15) is 0 Å². The van der Waals surface area contributed by atoms with Crippen LogP contribution in [-0.2, 0) is 6.42 Å². The zero-order valence-corrected chi connectivity index (χ0v) is 13.2. The number of halogens is 1. The second-order valence-electron chi connectivity index (χ2n) is 5.02. The molecule has 1 unspecified atom stereocenters. The van der Waals surface area contributed by atoms with Crippen LogP contribution in [0.15, 0.2) is 35.7 Å². The average molecular weight is 305 g/mol. The van der Waals surface area contributed by atoms with Gasteiger partial charge >= 0.3 is 0 Å². The Labute approximate surface area is 128 Å². The maximum atomic E-state index is 5.95. The van der Waals surface area contributed by atoms with Crippen molar-refractivity contribution in [2.24, 2.45) is 0 Å². The van der Waals surface area contributed by atoms with Gasteiger partial charge in [-0.2, -0.15) is 0 Å². The Morgan fingerprint density at radius 2 is 2.20 bits per heavy atom. The van der Waals surface area contributed by atoms with E-state index in [0.29, 0.717) is 11.9 Å². The number of hydrogen-bond acceptors (Lipinski definition) is 2. The van der Waals surface area contributed by atoms with Crippen molar-refractivity contribution < 1.29 is 0 Å². The van der Waals surface area contributed by atoms with E-state index in [1.807, 2.05) is 0 Å². The van der Waals surface area contributed by atoms with E-state index in [-0.39, 0.29) is 0 Å². The molecule has 3 aromatic rings. The number of rotatable bonds is 4. The van der Waals surface area contributed by atoms with Gasteiger partial charge in [0.05, 0.1) is 17.1 Å². The lowest BCUT2D eigenvalue weighted by Crippen LogP contribution is -2.10. The zero-order valence-electron chi connectivity index (χ0n) is 11.6. The third kappa shape index (κ3) is 2.36. The number of thiophene rings is 1. The van der Waals surface area contributed by atoms with Gasteiger partial charge in [-0.05, 0) is 43.0 Å². The van der Waals surface area contributed by atoms with Crippen molar-refractivity contribution >= 4 is 34.0 Å². The fourth-order valence-corrected chi connectivity index (χ4v) is 3.54. The Morgan fingerprint density at radius 3 is 2.90 bits per heavy atom. The molecule has 20 heavy (non-hydrogen) atoms. The molecular weight excluding hydrogens is 288 g/mol. The SMILES string of the molecule is Cc1ccc2nc(CCCl)n(C(C)c3cccs3)c2c1. The molecule has 2 heterocycles. The summed E-state index contributed by atoms with van der Waals surface area (Å²) in [7, 11) is 0. The molecule has 3 rings (SSSR count). The zero-order chi connectivity index (χ0) is 14.1. The maximum Gasteiger partial charge on any atom is 0.111 e. The number of nitrogens with zero attached hydrogens (tertiary/aromatic N) is 2. The van der Waals surface area contributed by atoms with Crippen LogP contribution in [0.2, 0.25) is 0 Å². The first-order valence-electron chi connectivity index (χ1n) is 6.77. The highest BCUT2D eigenvalue weighted by atomic mass is 35.5. The van der Waals surface area contributed by atoms with Gasteiger partial charge in [-0.1, -0.05) is 12.1 Å². The van der Waals surface area contributed by atoms with E-state index in [1.165, 1.54) is 16.0 Å². The summed E-state index contributed by atoms with van der Waals surface area (Å²) in [5.41, 5.74) is 3.51. The van der Waals surface area contributed by atoms with E-state index in [4.69, 9.17) is 16.6 Å². The van der Waals surface area contributed by atoms with E-state index in [2.05, 4.69) is 54.1 Å². The second kappa shape index (κ2) is 5.58. The first-order chi connectivity index (χ1) is 9.70. The highest BCUT2D eigenvalue weighted by molar-refractivity contribution is 7.10. The minimum Gasteiger partial charge on any atom is -0.320 e. The molecule has 0 saturated heterocycles. The van der Waals surface area contributed by atoms with Crippen LogP contribution in [-0.4, -0.2) is 15.4 Å². The van der Waals surface area contributed by atoms with Gasteiger partial charge in [-0.3, -0.25) is 0 Å². The van der Waals surface area contributed by atoms with Gasteiger partial charge in [-0.15, -0.1) is 22.9 Å². The average Bonchev–Trinajstić information content (AvgIpc) is 3.05. The first kappa shape index (κ1) is 13.7. The molecule has 0 aliphatic carbocycles. The van der Waals surface area contributed by atoms with E-state index in [1.54, 1.807) is 11.3 Å². The summed E-state index contributed by atoms with van der Waals surface area (Å²) >= 11 is 7.73. The standard InChI is InChI=1S/C16H17ClN2S/c1-11-5-6-13-14(10-11)19(16(18-13)7-8-17)12(2)15-4-3-9-20-15/h3-6,9-10,12H,7-8H2,1-2H3. The Morgan fingerprint density at radius 1 is 1.35 bits per heavy atom. The lowest BCUT2D eigenvalue weighted by Gasteiger charge is -2.16. The number of aryl methyl sites for hydroxylation is 2. The molecule has 2 aromatic heterocycles. The molecule has 1 aromatic carbocycles. The predicted molar refractivity (Wildman–Crippen MR) is 87.0 cm³/mol. The van der Waals surface area contributed by atoms with Crippen LogP contribution in [0.4, 0.5) is 0 Å². The molecule has 2 nitrogen and oxygen atoms in total. The minimum atomic E-state index is 0.292. The minimum absolute atomic E-state index is 0.292. The lowest BCUT2D eigenvalue weighted by atomic mass is 10.2. The first-order valence-corrected chi connectivity index (χ1v) is 8.19. The molecule has 0 aliphatic rings. The molecule has 0 amide bonds. The van der Waals surface area contributed by atoms with E-state index < -0.39 is 0 Å². The van der Waals surface area contributed by atoms with Gasteiger partial charge in [0.15, 0.2) is 0 Å². The number of alkyl halides is 1. The number of imidazole rings is 1. The fraction of sp³-hybridized carbons (Fsp3) is 0.312. The topological polar surface area (TPSA) is 17.8 Å². The number of aromatic nitrogens is 2. The predicted octanol–water partition coefficient (Wildman–Crippen LogP) is 4.80. The molecule has 0 spiro atoms. The van der Waals surface area contributed by atoms with Crippen molar-refractivity contribution in [2.45, 2.75) is 26.3 Å². The molecule has 0 saturated carbocycles. The molecule has 1 atom stereocenters. The maximum absolute atomic E-state index is 5.95. The van der Waals surface area contributed by atoms with Gasteiger partial charge in [0.2, 0.25) is 0 Å². The summed E-state index contributed by atoms with van der Waals surface area (Å²) in [5, 5.41) is 2.12. The molecule has 0 fully saturated rings. The third-order valence-corrected chi connectivity index (χ3v) is 4.81. The summed E-state index contributed by atoms with van der Waals surface area (Å²) in [5.74, 6) is 1.67. The number of hydrogen-bond donors (Lipinski definition) is 0. The largest absolute Gasteiger partial charge is 0.320 e. The van der Waals surface area contributed by atoms with Crippen molar-refractivity contribution in [1.29, 1.82) is 0 Å². The van der Waals surface area contributed by atoms with E-state index >= 15 is 0 Å². The molecular formula is C16H17ClN2S. The van der Waals surface area contributed by atoms with Crippen LogP contribution in [0.1, 0.15) is 29.2 Å². The van der Waals surface area contributed by atoms with Gasteiger partial charge in [-0.25, -0.2) is 4.98 Å². The quantitative estimate of drug-likeness (QED) is 0.633. The number of fused-ring (bicyclic) bond motifs is 1. The Bertz CT molecular complexity index is 715. The summed E-state index contributed by atoms with van der Waals surface area (Å²) < 4.78 is 2.33. The van der Waals surface area contributed by atoms with Crippen molar-refractivity contribution in [3.63, 3.8) is 0 Å². The van der Waals surface area contributed by atoms with Crippen molar-refractivity contribution in [3.8, 4) is 0 Å². The van der Waals surface area contributed by atoms with Crippen molar-refractivity contribution in [2.75, 3.05) is 5.88 Å². The highest BCUT2D eigenvalue weighted by Crippen LogP contribution is 2.29. The lowest BCUT2D eigenvalue weighted by molar-refractivity contribution is 0.633. The monoisotopic (exact) mass is 304 g/mol. The van der Waals surface area contributed by atoms with Gasteiger partial charge in [0.25, 0.3) is 0 Å². The molecule has 0 bridgehead atoms. The van der Waals surface area contributed by atoms with Crippen molar-refractivity contribution in [3.05, 3.63) is 52.0 Å². The molecule has 0 N–H and O–H groups in total. The summed E-state index contributed by atoms with van der Waals surface area (Å²) in [6, 6.07) is 11.0.